The zero-order valence-corrected chi connectivity index (χ0v) is 24.8. The molecule has 1 atom stereocenters. The molecule has 38 heavy (non-hydrogen) atoms. The van der Waals surface area contributed by atoms with Crippen molar-refractivity contribution in [3.8, 4) is 0 Å². The summed E-state index contributed by atoms with van der Waals surface area (Å²) in [6.07, 6.45) is 2.10. The summed E-state index contributed by atoms with van der Waals surface area (Å²) in [6, 6.07) is 13.8. The third kappa shape index (κ3) is 8.08. The van der Waals surface area contributed by atoms with Crippen LogP contribution in [0.3, 0.4) is 0 Å². The summed E-state index contributed by atoms with van der Waals surface area (Å²) in [5.74, 6) is -1.62. The molecule has 2 aromatic carbocycles. The molecule has 204 valence electrons. The monoisotopic (exact) mass is 653 g/mol. The Hall–Kier alpha value is -2.84. The lowest BCUT2D eigenvalue weighted by Gasteiger charge is -2.17. The van der Waals surface area contributed by atoms with E-state index in [1.807, 2.05) is 26.0 Å². The molecule has 0 radical (unpaired) electrons. The molecule has 3 rings (SSSR count). The fourth-order valence-corrected chi connectivity index (χ4v) is 5.22. The lowest BCUT2D eigenvalue weighted by atomic mass is 9.96. The van der Waals surface area contributed by atoms with Crippen LogP contribution in [0.25, 0.3) is 0 Å². The summed E-state index contributed by atoms with van der Waals surface area (Å²) in [5, 5.41) is 11.0. The van der Waals surface area contributed by atoms with Crippen molar-refractivity contribution in [1.82, 2.24) is 19.3 Å². The van der Waals surface area contributed by atoms with Crippen LogP contribution in [0.2, 0.25) is 0 Å². The van der Waals surface area contributed by atoms with Gasteiger partial charge < -0.3 is 10.1 Å². The molecular weight excluding hydrogens is 621 g/mol. The molecule has 0 aliphatic heterocycles. The first-order chi connectivity index (χ1) is 18.0. The Kier molecular flexibility index (Phi) is 10.4. The molecule has 12 heteroatoms. The van der Waals surface area contributed by atoms with Crippen LogP contribution in [0.5, 0.6) is 0 Å². The lowest BCUT2D eigenvalue weighted by Crippen LogP contribution is -2.32. The molecule has 0 bridgehead atoms. The van der Waals surface area contributed by atoms with Gasteiger partial charge in [-0.2, -0.15) is 4.31 Å². The first kappa shape index (κ1) is 29.7. The third-order valence-corrected chi connectivity index (χ3v) is 8.19. The van der Waals surface area contributed by atoms with Crippen molar-refractivity contribution in [2.75, 3.05) is 19.0 Å². The largest absolute Gasteiger partial charge is 0.465 e. The lowest BCUT2D eigenvalue weighted by molar-refractivity contribution is -0.151. The summed E-state index contributed by atoms with van der Waals surface area (Å²) in [5.41, 5.74) is 1.99. The van der Waals surface area contributed by atoms with E-state index in [4.69, 9.17) is 4.74 Å². The van der Waals surface area contributed by atoms with Crippen molar-refractivity contribution in [2.24, 2.45) is 11.8 Å². The first-order valence-corrected chi connectivity index (χ1v) is 14.7. The highest BCUT2D eigenvalue weighted by molar-refractivity contribution is 14.1. The maximum atomic E-state index is 12.8. The van der Waals surface area contributed by atoms with Crippen molar-refractivity contribution in [3.05, 3.63) is 69.6 Å². The molecular formula is C26H32IN5O5S. The van der Waals surface area contributed by atoms with Crippen molar-refractivity contribution < 1.29 is 22.7 Å². The molecule has 1 N–H and O–H groups in total. The van der Waals surface area contributed by atoms with Crippen molar-refractivity contribution in [2.45, 2.75) is 45.2 Å². The van der Waals surface area contributed by atoms with E-state index >= 15 is 0 Å². The Balaban J connectivity index is 1.60. The van der Waals surface area contributed by atoms with Crippen LogP contribution >= 0.6 is 22.6 Å². The highest BCUT2D eigenvalue weighted by Crippen LogP contribution is 2.19. The van der Waals surface area contributed by atoms with Crippen LogP contribution in [-0.4, -0.2) is 53.2 Å². The van der Waals surface area contributed by atoms with Gasteiger partial charge in [-0.05, 0) is 83.8 Å². The van der Waals surface area contributed by atoms with Gasteiger partial charge in [-0.3, -0.25) is 9.59 Å². The number of nitrogens with zero attached hydrogens (tertiary/aromatic N) is 4. The zero-order valence-electron chi connectivity index (χ0n) is 21.8. The molecule has 1 amide bonds. The molecule has 1 unspecified atom stereocenters. The molecule has 0 aliphatic carbocycles. The van der Waals surface area contributed by atoms with E-state index in [-0.39, 0.29) is 24.0 Å². The summed E-state index contributed by atoms with van der Waals surface area (Å²) in [4.78, 5) is 25.2. The van der Waals surface area contributed by atoms with Gasteiger partial charge >= 0.3 is 5.97 Å². The molecule has 0 saturated carbocycles. The second-order valence-electron chi connectivity index (χ2n) is 9.24. The van der Waals surface area contributed by atoms with Crippen molar-refractivity contribution in [3.63, 3.8) is 0 Å². The van der Waals surface area contributed by atoms with E-state index in [2.05, 4.69) is 38.2 Å². The number of hydrogen-bond donors (Lipinski definition) is 1. The van der Waals surface area contributed by atoms with E-state index in [1.165, 1.54) is 11.4 Å². The zero-order chi connectivity index (χ0) is 27.9. The maximum Gasteiger partial charge on any atom is 0.318 e. The van der Waals surface area contributed by atoms with Gasteiger partial charge in [0.15, 0.2) is 0 Å². The number of esters is 1. The molecule has 1 aromatic heterocycles. The van der Waals surface area contributed by atoms with E-state index < -0.39 is 27.8 Å². The fraction of sp³-hybridized carbons (Fsp3) is 0.385. The predicted molar refractivity (Wildman–Crippen MR) is 152 cm³/mol. The highest BCUT2D eigenvalue weighted by atomic mass is 127. The third-order valence-electron chi connectivity index (χ3n) is 5.65. The normalized spacial score (nSPS) is 12.5. The van der Waals surface area contributed by atoms with Gasteiger partial charge in [0.2, 0.25) is 15.9 Å². The summed E-state index contributed by atoms with van der Waals surface area (Å²) in [7, 11) is -2.14. The highest BCUT2D eigenvalue weighted by Gasteiger charge is 2.29. The number of benzene rings is 2. The maximum absolute atomic E-state index is 12.8. The minimum absolute atomic E-state index is 0.0807. The average Bonchev–Trinajstić information content (AvgIpc) is 3.30. The SMILES string of the molecule is CCOC(=O)C(CC(C)C)C(=O)Nc1ccc(Cn2cc(CN(C)S(=O)(=O)c3ccc(I)cc3)nn2)cc1. The van der Waals surface area contributed by atoms with E-state index in [9.17, 15) is 18.0 Å². The molecule has 0 saturated heterocycles. The van der Waals surface area contributed by atoms with Gasteiger partial charge in [-0.1, -0.05) is 31.2 Å². The molecule has 0 aliphatic rings. The summed E-state index contributed by atoms with van der Waals surface area (Å²) >= 11 is 2.13. The molecule has 10 nitrogen and oxygen atoms in total. The first-order valence-electron chi connectivity index (χ1n) is 12.2. The predicted octanol–water partition coefficient (Wildman–Crippen LogP) is 3.92. The minimum Gasteiger partial charge on any atom is -0.465 e. The van der Waals surface area contributed by atoms with Gasteiger partial charge in [0, 0.05) is 16.3 Å². The molecule has 0 spiro atoms. The molecule has 1 heterocycles. The number of hydrogen-bond acceptors (Lipinski definition) is 7. The number of halogens is 1. The van der Waals surface area contributed by atoms with Crippen LogP contribution in [0.1, 0.15) is 38.4 Å². The smallest absolute Gasteiger partial charge is 0.318 e. The standard InChI is InChI=1S/C26H32IN5O5S/c1-5-37-26(34)24(14-18(2)3)25(33)28-21-10-6-19(7-11-21)15-32-17-22(29-30-32)16-31(4)38(35,36)23-12-8-20(27)9-13-23/h6-13,17-18,24H,5,14-16H2,1-4H3,(H,28,33). The van der Waals surface area contributed by atoms with Crippen LogP contribution in [-0.2, 0) is 37.4 Å². The minimum atomic E-state index is -3.65. The van der Waals surface area contributed by atoms with Crippen LogP contribution in [0.15, 0.2) is 59.6 Å². The average molecular weight is 654 g/mol. The van der Waals surface area contributed by atoms with Crippen LogP contribution in [0.4, 0.5) is 5.69 Å². The van der Waals surface area contributed by atoms with Crippen molar-refractivity contribution in [1.29, 1.82) is 0 Å². The number of aromatic nitrogens is 3. The molecule has 3 aromatic rings. The second kappa shape index (κ2) is 13.3. The van der Waals surface area contributed by atoms with E-state index in [0.29, 0.717) is 24.3 Å². The Morgan fingerprint density at radius 1 is 1.11 bits per heavy atom. The Labute approximate surface area is 236 Å². The number of rotatable bonds is 12. The number of nitrogens with one attached hydrogen (secondary N) is 1. The Morgan fingerprint density at radius 2 is 1.76 bits per heavy atom. The number of carbonyl (C=O) groups is 2. The number of sulfonamides is 1. The fourth-order valence-electron chi connectivity index (χ4n) is 3.72. The van der Waals surface area contributed by atoms with Gasteiger partial charge in [0.1, 0.15) is 5.92 Å². The number of anilines is 1. The van der Waals surface area contributed by atoms with Gasteiger partial charge in [-0.25, -0.2) is 13.1 Å². The van der Waals surface area contributed by atoms with Gasteiger partial charge in [0.05, 0.1) is 36.5 Å². The number of ether oxygens (including phenoxy) is 1. The Morgan fingerprint density at radius 3 is 2.37 bits per heavy atom. The van der Waals surface area contributed by atoms with Crippen molar-refractivity contribution >= 4 is 50.2 Å². The summed E-state index contributed by atoms with van der Waals surface area (Å²) in [6.45, 7) is 6.32. The Bertz CT molecular complexity index is 1340. The second-order valence-corrected chi connectivity index (χ2v) is 12.5. The van der Waals surface area contributed by atoms with E-state index in [0.717, 1.165) is 9.13 Å². The van der Waals surface area contributed by atoms with Gasteiger partial charge in [-0.15, -0.1) is 5.10 Å². The summed E-state index contributed by atoms with van der Waals surface area (Å²) < 4.78 is 34.5. The van der Waals surface area contributed by atoms with Crippen LogP contribution < -0.4 is 5.32 Å². The van der Waals surface area contributed by atoms with Gasteiger partial charge in [0.25, 0.3) is 0 Å². The quantitative estimate of drug-likeness (QED) is 0.179. The van der Waals surface area contributed by atoms with E-state index in [1.54, 1.807) is 54.2 Å². The topological polar surface area (TPSA) is 123 Å². The number of carbonyl (C=O) groups excluding carboxylic acids is 2. The van der Waals surface area contributed by atoms with Crippen LogP contribution in [0, 0.1) is 15.4 Å². The molecule has 0 fully saturated rings. The number of amides is 1.